The van der Waals surface area contributed by atoms with Gasteiger partial charge in [-0.05, 0) is 52.9 Å². The Morgan fingerprint density at radius 2 is 1.16 bits per heavy atom. The van der Waals surface area contributed by atoms with Crippen molar-refractivity contribution < 1.29 is 4.42 Å². The van der Waals surface area contributed by atoms with Gasteiger partial charge in [0.2, 0.25) is 0 Å². The third-order valence-corrected chi connectivity index (χ3v) is 10.5. The Labute approximate surface area is 290 Å². The fourth-order valence-corrected chi connectivity index (χ4v) is 8.18. The molecule has 3 heterocycles. The molecule has 50 heavy (non-hydrogen) atoms. The van der Waals surface area contributed by atoms with Crippen molar-refractivity contribution in [2.24, 2.45) is 5.92 Å². The molecule has 3 N–H and O–H groups in total. The van der Waals surface area contributed by atoms with Crippen LogP contribution in [0.2, 0.25) is 0 Å². The maximum absolute atomic E-state index is 6.81. The Morgan fingerprint density at radius 1 is 0.560 bits per heavy atom. The highest BCUT2D eigenvalue weighted by Gasteiger charge is 2.33. The first kappa shape index (κ1) is 29.2. The fraction of sp³-hybridized carbons (Fsp3) is 0.111. The number of rotatable bonds is 5. The Hall–Kier alpha value is -5.72. The van der Waals surface area contributed by atoms with E-state index in [1.807, 2.05) is 0 Å². The van der Waals surface area contributed by atoms with E-state index in [9.17, 15) is 0 Å². The molecular weight excluding hydrogens is 613 g/mol. The Bertz CT molecular complexity index is 2480. The maximum Gasteiger partial charge on any atom is 0.159 e. The van der Waals surface area contributed by atoms with E-state index in [4.69, 9.17) is 4.42 Å². The first-order valence-electron chi connectivity index (χ1n) is 17.5. The molecule has 0 spiro atoms. The monoisotopic (exact) mass is 648 g/mol. The highest BCUT2D eigenvalue weighted by atomic mass is 16.3. The van der Waals surface area contributed by atoms with Gasteiger partial charge in [-0.1, -0.05) is 140 Å². The van der Waals surface area contributed by atoms with Gasteiger partial charge in [0.1, 0.15) is 5.58 Å². The molecular formula is C45H36N4O. The van der Waals surface area contributed by atoms with Crippen molar-refractivity contribution in [3.8, 4) is 5.69 Å². The minimum atomic E-state index is 0.0101. The second-order valence-corrected chi connectivity index (χ2v) is 13.4. The summed E-state index contributed by atoms with van der Waals surface area (Å²) >= 11 is 0. The molecule has 0 saturated carbocycles. The average molecular weight is 649 g/mol. The average Bonchev–Trinajstić information content (AvgIpc) is 3.75. The first-order valence-corrected chi connectivity index (χ1v) is 17.5. The van der Waals surface area contributed by atoms with Crippen LogP contribution in [-0.4, -0.2) is 10.7 Å². The second-order valence-electron chi connectivity index (χ2n) is 13.4. The summed E-state index contributed by atoms with van der Waals surface area (Å²) in [6.07, 6.45) is 7.82. The molecule has 1 aliphatic carbocycles. The zero-order valence-corrected chi connectivity index (χ0v) is 27.5. The van der Waals surface area contributed by atoms with Crippen LogP contribution in [0.5, 0.6) is 0 Å². The molecule has 10 rings (SSSR count). The second kappa shape index (κ2) is 12.0. The lowest BCUT2D eigenvalue weighted by molar-refractivity contribution is 0.171. The van der Waals surface area contributed by atoms with E-state index in [0.717, 1.165) is 28.7 Å². The Morgan fingerprint density at radius 3 is 1.84 bits per heavy atom. The standard InChI is InChI=1S/C45H36N4O/c1-3-14-29(15-4-1)43-46-44(30-16-5-2-6-17-30)48-45(47-43)32-19-11-18-31(28-32)33-22-13-27-40-41(33)36-23-12-26-39(42(36)50-40)49-37-24-9-7-20-34(37)35-21-8-10-25-38(35)49/h1-27,32,43-48H,28H2. The quantitative estimate of drug-likeness (QED) is 0.174. The van der Waals surface area contributed by atoms with E-state index in [0.29, 0.717) is 0 Å². The van der Waals surface area contributed by atoms with Crippen LogP contribution in [0.4, 0.5) is 0 Å². The number of nitrogens with one attached hydrogen (secondary N) is 3. The van der Waals surface area contributed by atoms with Gasteiger partial charge in [-0.15, -0.1) is 0 Å². The van der Waals surface area contributed by atoms with Gasteiger partial charge in [-0.25, -0.2) is 0 Å². The highest BCUT2D eigenvalue weighted by Crippen LogP contribution is 2.42. The molecule has 0 bridgehead atoms. The predicted molar refractivity (Wildman–Crippen MR) is 205 cm³/mol. The smallest absolute Gasteiger partial charge is 0.159 e. The Balaban J connectivity index is 1.04. The van der Waals surface area contributed by atoms with Crippen molar-refractivity contribution in [2.75, 3.05) is 0 Å². The molecule has 242 valence electrons. The number of allylic oxidation sites excluding steroid dienone is 3. The van der Waals surface area contributed by atoms with Crippen molar-refractivity contribution in [1.82, 2.24) is 20.5 Å². The van der Waals surface area contributed by atoms with Crippen LogP contribution in [0.25, 0.3) is 55.0 Å². The number of fused-ring (bicyclic) bond motifs is 6. The summed E-state index contributed by atoms with van der Waals surface area (Å²) in [7, 11) is 0. The summed E-state index contributed by atoms with van der Waals surface area (Å²) < 4.78 is 9.16. The van der Waals surface area contributed by atoms with Gasteiger partial charge >= 0.3 is 0 Å². The third kappa shape index (κ3) is 4.82. The van der Waals surface area contributed by atoms with E-state index in [1.165, 1.54) is 49.5 Å². The van der Waals surface area contributed by atoms with E-state index >= 15 is 0 Å². The van der Waals surface area contributed by atoms with Crippen LogP contribution in [0.15, 0.2) is 168 Å². The van der Waals surface area contributed by atoms with Crippen molar-refractivity contribution >= 4 is 49.3 Å². The van der Waals surface area contributed by atoms with Gasteiger partial charge in [0.25, 0.3) is 0 Å². The number of hydrogen-bond donors (Lipinski definition) is 3. The summed E-state index contributed by atoms with van der Waals surface area (Å²) in [6.45, 7) is 0. The zero-order valence-electron chi connectivity index (χ0n) is 27.5. The molecule has 5 heteroatoms. The number of nitrogens with zero attached hydrogens (tertiary/aromatic N) is 1. The van der Waals surface area contributed by atoms with Crippen LogP contribution in [0, 0.1) is 5.92 Å². The molecule has 6 aromatic carbocycles. The molecule has 3 unspecified atom stereocenters. The number of hydrogen-bond acceptors (Lipinski definition) is 4. The number of para-hydroxylation sites is 3. The lowest BCUT2D eigenvalue weighted by atomic mass is 9.85. The number of benzene rings is 6. The van der Waals surface area contributed by atoms with Gasteiger partial charge in [-0.2, -0.15) is 0 Å². The maximum atomic E-state index is 6.81. The van der Waals surface area contributed by atoms with Gasteiger partial charge in [0, 0.05) is 27.5 Å². The minimum Gasteiger partial charge on any atom is -0.454 e. The van der Waals surface area contributed by atoms with Crippen LogP contribution in [-0.2, 0) is 0 Å². The third-order valence-electron chi connectivity index (χ3n) is 10.5. The van der Waals surface area contributed by atoms with Crippen molar-refractivity contribution in [3.05, 3.63) is 181 Å². The predicted octanol–water partition coefficient (Wildman–Crippen LogP) is 10.1. The van der Waals surface area contributed by atoms with Gasteiger partial charge in [0.15, 0.2) is 5.58 Å². The van der Waals surface area contributed by atoms with Crippen LogP contribution in [0.1, 0.15) is 35.4 Å². The molecule has 0 amide bonds. The van der Waals surface area contributed by atoms with Crippen LogP contribution in [0.3, 0.4) is 0 Å². The van der Waals surface area contributed by atoms with Gasteiger partial charge in [-0.3, -0.25) is 16.0 Å². The molecule has 8 aromatic rings. The molecule has 2 aromatic heterocycles. The van der Waals surface area contributed by atoms with Crippen molar-refractivity contribution in [1.29, 1.82) is 0 Å². The Kier molecular flexibility index (Phi) is 7.01. The largest absolute Gasteiger partial charge is 0.454 e. The summed E-state index contributed by atoms with van der Waals surface area (Å²) in [6, 6.07) is 51.7. The van der Waals surface area contributed by atoms with Gasteiger partial charge < -0.3 is 8.98 Å². The lowest BCUT2D eigenvalue weighted by Crippen LogP contribution is -2.61. The van der Waals surface area contributed by atoms with Gasteiger partial charge in [0.05, 0.1) is 35.2 Å². The molecule has 2 aliphatic rings. The SMILES string of the molecule is C1=CC(C2NC(c3ccccc3)NC(c3ccccc3)N2)CC(c2cccc3oc4c(-n5c6ccccc6c6ccccc65)cccc4c23)=C1. The minimum absolute atomic E-state index is 0.0101. The lowest BCUT2D eigenvalue weighted by Gasteiger charge is -2.42. The summed E-state index contributed by atoms with van der Waals surface area (Å²) in [4.78, 5) is 0. The summed E-state index contributed by atoms with van der Waals surface area (Å²) in [5, 5.41) is 16.4. The first-order chi connectivity index (χ1) is 24.8. The molecule has 1 saturated heterocycles. The topological polar surface area (TPSA) is 54.2 Å². The fourth-order valence-electron chi connectivity index (χ4n) is 8.18. The highest BCUT2D eigenvalue weighted by molar-refractivity contribution is 6.14. The molecule has 3 atom stereocenters. The zero-order chi connectivity index (χ0) is 33.0. The molecule has 5 nitrogen and oxygen atoms in total. The number of furan rings is 1. The van der Waals surface area contributed by atoms with Crippen LogP contribution < -0.4 is 16.0 Å². The van der Waals surface area contributed by atoms with Crippen molar-refractivity contribution in [3.63, 3.8) is 0 Å². The van der Waals surface area contributed by atoms with E-state index in [1.54, 1.807) is 0 Å². The van der Waals surface area contributed by atoms with E-state index < -0.39 is 0 Å². The van der Waals surface area contributed by atoms with Crippen LogP contribution >= 0.6 is 0 Å². The van der Waals surface area contributed by atoms with E-state index in [-0.39, 0.29) is 24.4 Å². The molecule has 1 fully saturated rings. The number of aromatic nitrogens is 1. The van der Waals surface area contributed by atoms with E-state index in [2.05, 4.69) is 184 Å². The normalized spacial score (nSPS) is 20.9. The molecule has 0 radical (unpaired) electrons. The van der Waals surface area contributed by atoms with Crippen molar-refractivity contribution in [2.45, 2.75) is 24.9 Å². The summed E-state index contributed by atoms with van der Waals surface area (Å²) in [5.41, 5.74) is 10.2. The molecule has 1 aliphatic heterocycles. The summed E-state index contributed by atoms with van der Waals surface area (Å²) in [5.74, 6) is 0.233.